The van der Waals surface area contributed by atoms with Crippen LogP contribution < -0.4 is 11.1 Å². The number of aryl methyl sites for hydroxylation is 1. The van der Waals surface area contributed by atoms with Gasteiger partial charge in [0.25, 0.3) is 5.43 Å². The van der Waals surface area contributed by atoms with Gasteiger partial charge in [-0.2, -0.15) is 0 Å². The highest BCUT2D eigenvalue weighted by atomic mass is 16.5. The predicted molar refractivity (Wildman–Crippen MR) is 42.2 cm³/mol. The van der Waals surface area contributed by atoms with Gasteiger partial charge in [-0.1, -0.05) is 0 Å². The van der Waals surface area contributed by atoms with Crippen LogP contribution in [0, 0.1) is 0 Å². The van der Waals surface area contributed by atoms with Crippen molar-refractivity contribution in [1.82, 2.24) is 5.16 Å². The maximum Gasteiger partial charge on any atom is 0.403 e. The van der Waals surface area contributed by atoms with E-state index in [2.05, 4.69) is 9.68 Å². The second-order valence-corrected chi connectivity index (χ2v) is 2.98. The summed E-state index contributed by atoms with van der Waals surface area (Å²) in [6, 6.07) is 0. The van der Waals surface area contributed by atoms with Crippen molar-refractivity contribution in [2.24, 2.45) is 0 Å². The molecule has 4 nitrogen and oxygen atoms in total. The molecule has 0 radical (unpaired) electrons. The molecule has 0 aliphatic heterocycles. The summed E-state index contributed by atoms with van der Waals surface area (Å²) in [5.74, 6) is 0. The van der Waals surface area contributed by atoms with E-state index in [1.165, 1.54) is 0 Å². The van der Waals surface area contributed by atoms with E-state index in [9.17, 15) is 9.59 Å². The van der Waals surface area contributed by atoms with Crippen LogP contribution in [-0.2, 0) is 12.8 Å². The van der Waals surface area contributed by atoms with Crippen molar-refractivity contribution < 1.29 is 4.52 Å². The van der Waals surface area contributed by atoms with Gasteiger partial charge in [0.1, 0.15) is 0 Å². The van der Waals surface area contributed by atoms with Crippen LogP contribution in [0.3, 0.4) is 0 Å². The molecule has 0 fully saturated rings. The van der Waals surface area contributed by atoms with Gasteiger partial charge in [0.2, 0.25) is 0 Å². The van der Waals surface area contributed by atoms with E-state index in [-0.39, 0.29) is 0 Å². The number of H-pyrrole nitrogens is 1. The maximum absolute atomic E-state index is 11.2. The van der Waals surface area contributed by atoms with Crippen LogP contribution in [0.15, 0.2) is 14.1 Å². The second kappa shape index (κ2) is 2.62. The molecule has 1 aliphatic rings. The molecule has 0 saturated heterocycles. The summed E-state index contributed by atoms with van der Waals surface area (Å²) in [5, 5.41) is 2.51. The smallest absolute Gasteiger partial charge is 0.335 e. The Morgan fingerprint density at radius 3 is 2.75 bits per heavy atom. The number of hydrogen-bond acceptors (Lipinski definition) is 3. The van der Waals surface area contributed by atoms with E-state index in [1.54, 1.807) is 0 Å². The van der Waals surface area contributed by atoms with Gasteiger partial charge in [0, 0.05) is 5.56 Å². The fraction of sp³-hybridized carbons (Fsp3) is 0.500. The van der Waals surface area contributed by atoms with Gasteiger partial charge < -0.3 is 4.52 Å². The number of rotatable bonds is 0. The first kappa shape index (κ1) is 7.34. The minimum atomic E-state index is -0.782. The summed E-state index contributed by atoms with van der Waals surface area (Å²) in [6.45, 7) is 0. The third kappa shape index (κ3) is 0.995. The molecule has 12 heavy (non-hydrogen) atoms. The number of hydrogen-bond donors (Lipinski definition) is 1. The molecule has 1 aromatic rings. The monoisotopic (exact) mass is 167 g/mol. The average molecular weight is 167 g/mol. The minimum absolute atomic E-state index is 0.469. The molecule has 1 aromatic heterocycles. The number of nitrogens with one attached hydrogen (secondary N) is 1. The zero-order valence-electron chi connectivity index (χ0n) is 6.55. The topological polar surface area (TPSA) is 63.1 Å². The van der Waals surface area contributed by atoms with Crippen LogP contribution in [-0.4, -0.2) is 5.16 Å². The quantitative estimate of drug-likeness (QED) is 0.561. The lowest BCUT2D eigenvalue weighted by atomic mass is 9.97. The first-order chi connectivity index (χ1) is 5.79. The van der Waals surface area contributed by atoms with Gasteiger partial charge in [0.15, 0.2) is 0 Å². The maximum atomic E-state index is 11.2. The van der Waals surface area contributed by atoms with Gasteiger partial charge >= 0.3 is 5.63 Å². The lowest BCUT2D eigenvalue weighted by Gasteiger charge is -2.11. The SMILES string of the molecule is O=c1o[nH]c2c(c1=O)CCCC2. The van der Waals surface area contributed by atoms with Gasteiger partial charge in [-0.3, -0.25) is 4.79 Å². The molecule has 4 heteroatoms. The first-order valence-electron chi connectivity index (χ1n) is 4.02. The summed E-state index contributed by atoms with van der Waals surface area (Å²) in [6.07, 6.45) is 3.56. The van der Waals surface area contributed by atoms with Crippen molar-refractivity contribution >= 4 is 0 Å². The summed E-state index contributed by atoms with van der Waals surface area (Å²) in [7, 11) is 0. The standard InChI is InChI=1S/C8H9NO3/c10-7-5-3-1-2-4-6(5)9-12-8(7)11/h9H,1-4H2. The van der Waals surface area contributed by atoms with E-state index in [4.69, 9.17) is 0 Å². The second-order valence-electron chi connectivity index (χ2n) is 2.98. The average Bonchev–Trinajstić information content (AvgIpc) is 2.12. The van der Waals surface area contributed by atoms with E-state index < -0.39 is 11.1 Å². The molecule has 1 aliphatic carbocycles. The molecule has 1 N–H and O–H groups in total. The largest absolute Gasteiger partial charge is 0.403 e. The molecule has 1 heterocycles. The van der Waals surface area contributed by atoms with Crippen molar-refractivity contribution in [3.05, 3.63) is 31.9 Å². The highest BCUT2D eigenvalue weighted by Crippen LogP contribution is 2.13. The van der Waals surface area contributed by atoms with Gasteiger partial charge in [-0.05, 0) is 25.7 Å². The molecule has 0 aromatic carbocycles. The zero-order chi connectivity index (χ0) is 8.55. The molecular formula is C8H9NO3. The van der Waals surface area contributed by atoms with Crippen LogP contribution >= 0.6 is 0 Å². The lowest BCUT2D eigenvalue weighted by Crippen LogP contribution is -2.30. The Kier molecular flexibility index (Phi) is 1.60. The summed E-state index contributed by atoms with van der Waals surface area (Å²) < 4.78 is 4.46. The van der Waals surface area contributed by atoms with Crippen molar-refractivity contribution in [3.63, 3.8) is 0 Å². The fourth-order valence-corrected chi connectivity index (χ4v) is 1.55. The Morgan fingerprint density at radius 1 is 1.17 bits per heavy atom. The van der Waals surface area contributed by atoms with E-state index >= 15 is 0 Å². The summed E-state index contributed by atoms with van der Waals surface area (Å²) >= 11 is 0. The molecule has 0 spiro atoms. The fourth-order valence-electron chi connectivity index (χ4n) is 1.55. The van der Waals surface area contributed by atoms with Crippen molar-refractivity contribution in [1.29, 1.82) is 0 Å². The van der Waals surface area contributed by atoms with Crippen LogP contribution in [0.4, 0.5) is 0 Å². The van der Waals surface area contributed by atoms with E-state index in [1.807, 2.05) is 0 Å². The molecule has 0 amide bonds. The Balaban J connectivity index is 2.70. The van der Waals surface area contributed by atoms with Crippen LogP contribution in [0.2, 0.25) is 0 Å². The Morgan fingerprint density at radius 2 is 1.92 bits per heavy atom. The normalized spacial score (nSPS) is 15.7. The molecule has 64 valence electrons. The highest BCUT2D eigenvalue weighted by molar-refractivity contribution is 5.19. The van der Waals surface area contributed by atoms with E-state index in [0.717, 1.165) is 25.0 Å². The molecule has 0 atom stereocenters. The summed E-state index contributed by atoms with van der Waals surface area (Å²) in [4.78, 5) is 22.0. The van der Waals surface area contributed by atoms with Crippen LogP contribution in [0.5, 0.6) is 0 Å². The predicted octanol–water partition coefficient (Wildman–Crippen LogP) is 0.207. The first-order valence-corrected chi connectivity index (χ1v) is 4.02. The lowest BCUT2D eigenvalue weighted by molar-refractivity contribution is 0.345. The highest BCUT2D eigenvalue weighted by Gasteiger charge is 2.15. The number of aromatic amines is 1. The van der Waals surface area contributed by atoms with Gasteiger partial charge in [-0.25, -0.2) is 9.95 Å². The molecule has 2 rings (SSSR count). The number of fused-ring (bicyclic) bond motifs is 1. The summed E-state index contributed by atoms with van der Waals surface area (Å²) in [5.41, 5.74) is 0.169. The number of aromatic nitrogens is 1. The van der Waals surface area contributed by atoms with Gasteiger partial charge in [0.05, 0.1) is 5.69 Å². The molecule has 0 bridgehead atoms. The molecule has 0 unspecified atom stereocenters. The Bertz CT molecular complexity index is 401. The van der Waals surface area contributed by atoms with Crippen molar-refractivity contribution in [3.8, 4) is 0 Å². The van der Waals surface area contributed by atoms with Gasteiger partial charge in [-0.15, -0.1) is 0 Å². The van der Waals surface area contributed by atoms with Crippen LogP contribution in [0.25, 0.3) is 0 Å². The third-order valence-corrected chi connectivity index (χ3v) is 2.19. The Labute approximate surface area is 68.2 Å². The Hall–Kier alpha value is -1.32. The third-order valence-electron chi connectivity index (χ3n) is 2.19. The van der Waals surface area contributed by atoms with Crippen LogP contribution in [0.1, 0.15) is 24.1 Å². The van der Waals surface area contributed by atoms with E-state index in [0.29, 0.717) is 12.0 Å². The zero-order valence-corrected chi connectivity index (χ0v) is 6.55. The minimum Gasteiger partial charge on any atom is -0.335 e. The van der Waals surface area contributed by atoms with Crippen molar-refractivity contribution in [2.75, 3.05) is 0 Å². The van der Waals surface area contributed by atoms with Crippen molar-refractivity contribution in [2.45, 2.75) is 25.7 Å². The molecular weight excluding hydrogens is 158 g/mol. The molecule has 0 saturated carbocycles.